The molecule has 1 N–H and O–H groups in total. The van der Waals surface area contributed by atoms with Gasteiger partial charge in [-0.25, -0.2) is 0 Å². The lowest BCUT2D eigenvalue weighted by atomic mass is 9.86. The molecule has 11 heteroatoms. The molecule has 1 amide bonds. The van der Waals surface area contributed by atoms with Crippen molar-refractivity contribution in [2.75, 3.05) is 6.26 Å². The summed E-state index contributed by atoms with van der Waals surface area (Å²) in [5.74, 6) is -0.553. The third-order valence-corrected chi connectivity index (χ3v) is 5.46. The van der Waals surface area contributed by atoms with Crippen LogP contribution in [0.15, 0.2) is 41.6 Å². The molecule has 0 spiro atoms. The Balaban J connectivity index is 1.95. The highest BCUT2D eigenvalue weighted by molar-refractivity contribution is 7.89. The predicted molar refractivity (Wildman–Crippen MR) is 109 cm³/mol. The zero-order valence-corrected chi connectivity index (χ0v) is 18.0. The van der Waals surface area contributed by atoms with Gasteiger partial charge in [0, 0.05) is 27.6 Å². The number of hydrogen-bond donors (Lipinski definition) is 1. The van der Waals surface area contributed by atoms with E-state index in [-0.39, 0.29) is 26.9 Å². The van der Waals surface area contributed by atoms with Gasteiger partial charge < -0.3 is 9.39 Å². The molecule has 1 aliphatic rings. The first-order valence-corrected chi connectivity index (χ1v) is 10.8. The van der Waals surface area contributed by atoms with Crippen molar-refractivity contribution in [2.24, 2.45) is 5.16 Å². The van der Waals surface area contributed by atoms with Crippen molar-refractivity contribution < 1.29 is 27.4 Å². The van der Waals surface area contributed by atoms with Crippen LogP contribution in [0.1, 0.15) is 33.5 Å². The number of alkyl halides is 3. The minimum absolute atomic E-state index is 0.0395. The number of amides is 1. The van der Waals surface area contributed by atoms with Crippen LogP contribution in [0.2, 0.25) is 10.0 Å². The summed E-state index contributed by atoms with van der Waals surface area (Å²) in [5.41, 5.74) is -1.85. The largest absolute Gasteiger partial charge is 0.593 e. The van der Waals surface area contributed by atoms with Gasteiger partial charge in [0.05, 0.1) is 17.1 Å². The Hall–Kier alpha value is -1.94. The molecule has 160 valence electrons. The van der Waals surface area contributed by atoms with Crippen LogP contribution in [0.3, 0.4) is 0 Å². The Morgan fingerprint density at radius 3 is 2.40 bits per heavy atom. The summed E-state index contributed by atoms with van der Waals surface area (Å²) >= 11 is 10.2. The lowest BCUT2D eigenvalue weighted by molar-refractivity contribution is -0.275. The average Bonchev–Trinajstić information content (AvgIpc) is 3.06. The number of oxime groups is 1. The minimum Gasteiger partial charge on any atom is -0.593 e. The number of hydrogen-bond acceptors (Lipinski definition) is 4. The van der Waals surface area contributed by atoms with E-state index >= 15 is 0 Å². The Morgan fingerprint density at radius 2 is 1.87 bits per heavy atom. The normalized spacial score (nSPS) is 19.8. The van der Waals surface area contributed by atoms with Crippen LogP contribution >= 0.6 is 23.2 Å². The molecule has 2 atom stereocenters. The molecule has 0 aromatic heterocycles. The van der Waals surface area contributed by atoms with Crippen molar-refractivity contribution in [1.82, 2.24) is 4.72 Å². The summed E-state index contributed by atoms with van der Waals surface area (Å²) in [6, 6.07) is 8.02. The lowest BCUT2D eigenvalue weighted by Gasteiger charge is -2.29. The lowest BCUT2D eigenvalue weighted by Crippen LogP contribution is -2.42. The van der Waals surface area contributed by atoms with Gasteiger partial charge in [0.2, 0.25) is 0 Å². The van der Waals surface area contributed by atoms with Gasteiger partial charge >= 0.3 is 6.18 Å². The molecular formula is C19H15Cl2F3N2O3S. The van der Waals surface area contributed by atoms with Crippen molar-refractivity contribution in [1.29, 1.82) is 0 Å². The topological polar surface area (TPSA) is 73.8 Å². The Bertz CT molecular complexity index is 1010. The number of carbonyl (C=O) groups is 1. The summed E-state index contributed by atoms with van der Waals surface area (Å²) < 4.78 is 55.6. The summed E-state index contributed by atoms with van der Waals surface area (Å²) in [6.07, 6.45) is -4.09. The van der Waals surface area contributed by atoms with Gasteiger partial charge in [-0.2, -0.15) is 17.9 Å². The smallest absolute Gasteiger partial charge is 0.435 e. The number of benzene rings is 2. The molecule has 0 saturated heterocycles. The highest BCUT2D eigenvalue weighted by Gasteiger charge is 2.62. The first-order chi connectivity index (χ1) is 13.9. The molecule has 5 nitrogen and oxygen atoms in total. The average molecular weight is 479 g/mol. The van der Waals surface area contributed by atoms with Gasteiger partial charge in [0.15, 0.2) is 0 Å². The van der Waals surface area contributed by atoms with Crippen molar-refractivity contribution >= 4 is 46.2 Å². The van der Waals surface area contributed by atoms with E-state index in [1.54, 1.807) is 6.92 Å². The maximum absolute atomic E-state index is 14.1. The molecule has 0 fully saturated rings. The van der Waals surface area contributed by atoms with Crippen molar-refractivity contribution in [3.8, 4) is 0 Å². The standard InChI is InChI=1S/C19H15Cl2F3N2O3S/c1-10-5-11(3-4-15(10)17(27)26-30(2)28)16-9-18(29-25-16,19(22,23)24)12-6-13(20)8-14(21)7-12/h3-8H,9H2,1-2H3,(H,26,27). The molecule has 2 aromatic rings. The predicted octanol–water partition coefficient (Wildman–Crippen LogP) is 4.91. The van der Waals surface area contributed by atoms with E-state index in [4.69, 9.17) is 28.0 Å². The van der Waals surface area contributed by atoms with E-state index in [0.29, 0.717) is 11.1 Å². The van der Waals surface area contributed by atoms with Crippen LogP contribution in [0.25, 0.3) is 0 Å². The number of rotatable bonds is 4. The Morgan fingerprint density at radius 1 is 1.23 bits per heavy atom. The third-order valence-electron chi connectivity index (χ3n) is 4.56. The third kappa shape index (κ3) is 4.39. The fraction of sp³-hybridized carbons (Fsp3) is 0.263. The number of nitrogens with zero attached hydrogens (tertiary/aromatic N) is 1. The van der Waals surface area contributed by atoms with Gasteiger partial charge in [-0.3, -0.25) is 4.79 Å². The summed E-state index contributed by atoms with van der Waals surface area (Å²) in [5, 5.41) is 3.77. The molecule has 1 aliphatic heterocycles. The molecule has 0 bridgehead atoms. The van der Waals surface area contributed by atoms with Gasteiger partial charge in [0.25, 0.3) is 11.5 Å². The van der Waals surface area contributed by atoms with E-state index in [0.717, 1.165) is 12.1 Å². The van der Waals surface area contributed by atoms with Crippen molar-refractivity contribution in [3.63, 3.8) is 0 Å². The van der Waals surface area contributed by atoms with Crippen molar-refractivity contribution in [3.05, 3.63) is 68.7 Å². The van der Waals surface area contributed by atoms with Crippen LogP contribution in [-0.2, 0) is 21.8 Å². The van der Waals surface area contributed by atoms with Crippen LogP contribution in [0.4, 0.5) is 13.2 Å². The second kappa shape index (κ2) is 8.30. The van der Waals surface area contributed by atoms with Crippen LogP contribution < -0.4 is 4.72 Å². The van der Waals surface area contributed by atoms with E-state index in [2.05, 4.69) is 9.88 Å². The molecular weight excluding hydrogens is 464 g/mol. The quantitative estimate of drug-likeness (QED) is 0.634. The highest BCUT2D eigenvalue weighted by atomic mass is 35.5. The van der Waals surface area contributed by atoms with Crippen LogP contribution in [0.5, 0.6) is 0 Å². The Kier molecular flexibility index (Phi) is 6.29. The number of aryl methyl sites for hydroxylation is 1. The highest BCUT2D eigenvalue weighted by Crippen LogP contribution is 2.49. The van der Waals surface area contributed by atoms with E-state index in [9.17, 15) is 22.5 Å². The molecule has 2 unspecified atom stereocenters. The molecule has 2 aromatic carbocycles. The van der Waals surface area contributed by atoms with E-state index in [1.807, 2.05) is 0 Å². The Labute approximate surface area is 183 Å². The van der Waals surface area contributed by atoms with Crippen molar-refractivity contribution in [2.45, 2.75) is 25.1 Å². The van der Waals surface area contributed by atoms with Gasteiger partial charge in [0.1, 0.15) is 6.26 Å². The van der Waals surface area contributed by atoms with E-state index in [1.165, 1.54) is 30.5 Å². The zero-order chi connectivity index (χ0) is 22.3. The monoisotopic (exact) mass is 478 g/mol. The summed E-state index contributed by atoms with van der Waals surface area (Å²) in [4.78, 5) is 17.0. The first kappa shape index (κ1) is 22.7. The van der Waals surface area contributed by atoms with Crippen LogP contribution in [-0.4, -0.2) is 28.6 Å². The molecule has 0 aliphatic carbocycles. The summed E-state index contributed by atoms with van der Waals surface area (Å²) in [7, 11) is 0. The van der Waals surface area contributed by atoms with Gasteiger partial charge in [-0.1, -0.05) is 34.4 Å². The second-order valence-corrected chi connectivity index (χ2v) is 8.69. The summed E-state index contributed by atoms with van der Waals surface area (Å²) in [6.45, 7) is 1.61. The zero-order valence-electron chi connectivity index (χ0n) is 15.6. The fourth-order valence-corrected chi connectivity index (χ4v) is 4.03. The first-order valence-electron chi connectivity index (χ1n) is 8.47. The van der Waals surface area contributed by atoms with E-state index < -0.39 is 35.5 Å². The number of halogens is 5. The molecule has 0 radical (unpaired) electrons. The van der Waals surface area contributed by atoms with Gasteiger partial charge in [-0.05, 0) is 48.4 Å². The SMILES string of the molecule is Cc1cc(C2=NOC(c3cc(Cl)cc(Cl)c3)(C(F)(F)F)C2)ccc1C(=O)N[S+](C)[O-]. The molecule has 1 heterocycles. The minimum atomic E-state index is -4.80. The molecule has 0 saturated carbocycles. The fourth-order valence-electron chi connectivity index (χ4n) is 3.13. The maximum atomic E-state index is 14.1. The van der Waals surface area contributed by atoms with Gasteiger partial charge in [-0.15, -0.1) is 0 Å². The maximum Gasteiger partial charge on any atom is 0.435 e. The molecule has 30 heavy (non-hydrogen) atoms. The number of carbonyl (C=O) groups excluding carboxylic acids is 1. The molecule has 3 rings (SSSR count). The second-order valence-electron chi connectivity index (χ2n) is 6.70. The van der Waals surface area contributed by atoms with Crippen LogP contribution in [0, 0.1) is 6.92 Å². The number of nitrogens with one attached hydrogen (secondary N) is 1.